The number of carbonyl (C=O) groups is 1. The molecule has 2 aromatic carbocycles. The van der Waals surface area contributed by atoms with Crippen LogP contribution in [0.15, 0.2) is 54.6 Å². The summed E-state index contributed by atoms with van der Waals surface area (Å²) in [4.78, 5) is 12.7. The van der Waals surface area contributed by atoms with Gasteiger partial charge < -0.3 is 15.4 Å². The number of rotatable bonds is 5. The third kappa shape index (κ3) is 5.02. The lowest BCUT2D eigenvalue weighted by molar-refractivity contribution is -0.123. The van der Waals surface area contributed by atoms with Crippen molar-refractivity contribution in [2.45, 2.75) is 32.4 Å². The van der Waals surface area contributed by atoms with Gasteiger partial charge in [-0.3, -0.25) is 4.79 Å². The van der Waals surface area contributed by atoms with E-state index in [1.54, 1.807) is 7.11 Å². The number of anilines is 1. The standard InChI is InChI=1S/C19H24N2O2/c1-19(2,3)21-18(22)17(14-8-6-5-7-9-14)20-15-10-12-16(23-4)13-11-15/h5-13,17,20H,1-4H3,(H,21,22). The number of carbonyl (C=O) groups excluding carboxylic acids is 1. The quantitative estimate of drug-likeness (QED) is 0.884. The van der Waals surface area contributed by atoms with Crippen LogP contribution in [0.1, 0.15) is 32.4 Å². The SMILES string of the molecule is COc1ccc(NC(C(=O)NC(C)(C)C)c2ccccc2)cc1. The Balaban J connectivity index is 2.24. The summed E-state index contributed by atoms with van der Waals surface area (Å²) in [6, 6.07) is 16.8. The van der Waals surface area contributed by atoms with Crippen LogP contribution in [-0.4, -0.2) is 18.6 Å². The number of amides is 1. The van der Waals surface area contributed by atoms with Crippen molar-refractivity contribution in [2.24, 2.45) is 0 Å². The summed E-state index contributed by atoms with van der Waals surface area (Å²) in [5.74, 6) is 0.727. The van der Waals surface area contributed by atoms with Crippen molar-refractivity contribution in [2.75, 3.05) is 12.4 Å². The molecular weight excluding hydrogens is 288 g/mol. The Morgan fingerprint density at radius 1 is 1.00 bits per heavy atom. The van der Waals surface area contributed by atoms with Gasteiger partial charge in [0.15, 0.2) is 0 Å². The largest absolute Gasteiger partial charge is 0.497 e. The maximum Gasteiger partial charge on any atom is 0.247 e. The van der Waals surface area contributed by atoms with Crippen LogP contribution in [-0.2, 0) is 4.79 Å². The molecule has 122 valence electrons. The monoisotopic (exact) mass is 312 g/mol. The molecular formula is C19H24N2O2. The van der Waals surface area contributed by atoms with Crippen molar-refractivity contribution in [3.05, 3.63) is 60.2 Å². The lowest BCUT2D eigenvalue weighted by atomic mass is 10.0. The van der Waals surface area contributed by atoms with Crippen molar-refractivity contribution in [3.8, 4) is 5.75 Å². The number of nitrogens with one attached hydrogen (secondary N) is 2. The summed E-state index contributed by atoms with van der Waals surface area (Å²) in [6.07, 6.45) is 0. The molecule has 0 saturated carbocycles. The molecule has 0 heterocycles. The minimum Gasteiger partial charge on any atom is -0.497 e. The first kappa shape index (κ1) is 16.9. The first-order chi connectivity index (χ1) is 10.9. The van der Waals surface area contributed by atoms with E-state index in [-0.39, 0.29) is 11.4 Å². The second kappa shape index (κ2) is 7.18. The van der Waals surface area contributed by atoms with E-state index in [9.17, 15) is 4.79 Å². The predicted octanol–water partition coefficient (Wildman–Crippen LogP) is 3.76. The number of hydrogen-bond donors (Lipinski definition) is 2. The average Bonchev–Trinajstić information content (AvgIpc) is 2.52. The Morgan fingerprint density at radius 2 is 1.61 bits per heavy atom. The van der Waals surface area contributed by atoms with Crippen LogP contribution in [0.2, 0.25) is 0 Å². The summed E-state index contributed by atoms with van der Waals surface area (Å²) < 4.78 is 5.17. The van der Waals surface area contributed by atoms with Crippen molar-refractivity contribution in [1.82, 2.24) is 5.32 Å². The fourth-order valence-corrected chi connectivity index (χ4v) is 2.24. The maximum absolute atomic E-state index is 12.7. The van der Waals surface area contributed by atoms with Gasteiger partial charge in [0.2, 0.25) is 5.91 Å². The van der Waals surface area contributed by atoms with E-state index in [0.29, 0.717) is 0 Å². The zero-order chi connectivity index (χ0) is 16.9. The molecule has 0 aliphatic carbocycles. The summed E-state index contributed by atoms with van der Waals surface area (Å²) in [6.45, 7) is 5.92. The van der Waals surface area contributed by atoms with E-state index in [4.69, 9.17) is 4.74 Å². The van der Waals surface area contributed by atoms with Crippen molar-refractivity contribution >= 4 is 11.6 Å². The summed E-state index contributed by atoms with van der Waals surface area (Å²) in [7, 11) is 1.63. The lowest BCUT2D eigenvalue weighted by Gasteiger charge is -2.26. The molecule has 0 aromatic heterocycles. The number of ether oxygens (including phenoxy) is 1. The fourth-order valence-electron chi connectivity index (χ4n) is 2.24. The van der Waals surface area contributed by atoms with Crippen LogP contribution in [0.25, 0.3) is 0 Å². The van der Waals surface area contributed by atoms with E-state index in [1.165, 1.54) is 0 Å². The van der Waals surface area contributed by atoms with E-state index < -0.39 is 6.04 Å². The minimum absolute atomic E-state index is 0.0560. The Labute approximate surface area is 137 Å². The molecule has 2 N–H and O–H groups in total. The van der Waals surface area contributed by atoms with Gasteiger partial charge in [-0.1, -0.05) is 30.3 Å². The molecule has 0 fully saturated rings. The van der Waals surface area contributed by atoms with Crippen molar-refractivity contribution < 1.29 is 9.53 Å². The summed E-state index contributed by atoms with van der Waals surface area (Å²) >= 11 is 0. The van der Waals surface area contributed by atoms with E-state index in [1.807, 2.05) is 75.4 Å². The number of methoxy groups -OCH3 is 1. The van der Waals surface area contributed by atoms with E-state index >= 15 is 0 Å². The average molecular weight is 312 g/mol. The smallest absolute Gasteiger partial charge is 0.247 e. The van der Waals surface area contributed by atoms with Gasteiger partial charge in [-0.2, -0.15) is 0 Å². The summed E-state index contributed by atoms with van der Waals surface area (Å²) in [5.41, 5.74) is 1.50. The number of benzene rings is 2. The molecule has 1 atom stereocenters. The Kier molecular flexibility index (Phi) is 5.27. The molecule has 0 bridgehead atoms. The van der Waals surface area contributed by atoms with Gasteiger partial charge in [0.05, 0.1) is 7.11 Å². The molecule has 1 unspecified atom stereocenters. The van der Waals surface area contributed by atoms with Gasteiger partial charge >= 0.3 is 0 Å². The first-order valence-corrected chi connectivity index (χ1v) is 7.66. The molecule has 0 spiro atoms. The van der Waals surface area contributed by atoms with Crippen LogP contribution >= 0.6 is 0 Å². The second-order valence-corrected chi connectivity index (χ2v) is 6.46. The van der Waals surface area contributed by atoms with Crippen LogP contribution < -0.4 is 15.4 Å². The summed E-state index contributed by atoms with van der Waals surface area (Å²) in [5, 5.41) is 6.34. The highest BCUT2D eigenvalue weighted by Gasteiger charge is 2.24. The van der Waals surface area contributed by atoms with Crippen LogP contribution in [0.5, 0.6) is 5.75 Å². The van der Waals surface area contributed by atoms with Gasteiger partial charge in [-0.15, -0.1) is 0 Å². The fraction of sp³-hybridized carbons (Fsp3) is 0.316. The predicted molar refractivity (Wildman–Crippen MR) is 93.7 cm³/mol. The van der Waals surface area contributed by atoms with Crippen molar-refractivity contribution in [1.29, 1.82) is 0 Å². The topological polar surface area (TPSA) is 50.4 Å². The van der Waals surface area contributed by atoms with E-state index in [0.717, 1.165) is 17.0 Å². The van der Waals surface area contributed by atoms with Crippen LogP contribution in [0, 0.1) is 0 Å². The zero-order valence-corrected chi connectivity index (χ0v) is 14.1. The van der Waals surface area contributed by atoms with Gasteiger partial charge in [-0.05, 0) is 50.6 Å². The number of hydrogen-bond acceptors (Lipinski definition) is 3. The van der Waals surface area contributed by atoms with Gasteiger partial charge in [-0.25, -0.2) is 0 Å². The molecule has 23 heavy (non-hydrogen) atoms. The molecule has 0 aliphatic heterocycles. The third-order valence-electron chi connectivity index (χ3n) is 3.29. The van der Waals surface area contributed by atoms with Crippen molar-refractivity contribution in [3.63, 3.8) is 0 Å². The second-order valence-electron chi connectivity index (χ2n) is 6.46. The van der Waals surface area contributed by atoms with Crippen LogP contribution in [0.4, 0.5) is 5.69 Å². The highest BCUT2D eigenvalue weighted by molar-refractivity contribution is 5.86. The van der Waals surface area contributed by atoms with Gasteiger partial charge in [0, 0.05) is 11.2 Å². The molecule has 4 nitrogen and oxygen atoms in total. The van der Waals surface area contributed by atoms with Crippen LogP contribution in [0.3, 0.4) is 0 Å². The molecule has 2 rings (SSSR count). The molecule has 0 radical (unpaired) electrons. The Morgan fingerprint density at radius 3 is 2.13 bits per heavy atom. The molecule has 2 aromatic rings. The Hall–Kier alpha value is -2.49. The van der Waals surface area contributed by atoms with Gasteiger partial charge in [0.25, 0.3) is 0 Å². The zero-order valence-electron chi connectivity index (χ0n) is 14.1. The minimum atomic E-state index is -0.455. The molecule has 4 heteroatoms. The maximum atomic E-state index is 12.7. The first-order valence-electron chi connectivity index (χ1n) is 7.66. The van der Waals surface area contributed by atoms with E-state index in [2.05, 4.69) is 10.6 Å². The van der Waals surface area contributed by atoms with Gasteiger partial charge in [0.1, 0.15) is 11.8 Å². The highest BCUT2D eigenvalue weighted by atomic mass is 16.5. The third-order valence-corrected chi connectivity index (χ3v) is 3.29. The lowest BCUT2D eigenvalue weighted by Crippen LogP contribution is -2.44. The normalized spacial score (nSPS) is 12.3. The molecule has 0 saturated heterocycles. The molecule has 0 aliphatic rings. The highest BCUT2D eigenvalue weighted by Crippen LogP contribution is 2.22. The Bertz CT molecular complexity index is 631. The molecule has 1 amide bonds.